The van der Waals surface area contributed by atoms with Crippen LogP contribution >= 0.6 is 0 Å². The van der Waals surface area contributed by atoms with E-state index in [4.69, 9.17) is 4.74 Å². The van der Waals surface area contributed by atoms with Crippen LogP contribution in [0.5, 0.6) is 11.5 Å². The van der Waals surface area contributed by atoms with Gasteiger partial charge < -0.3 is 9.47 Å². The largest absolute Gasteiger partial charge is 0.495 e. The lowest BCUT2D eigenvalue weighted by Gasteiger charge is -2.33. The number of benzene rings is 1. The van der Waals surface area contributed by atoms with Crippen LogP contribution in [0.25, 0.3) is 0 Å². The van der Waals surface area contributed by atoms with E-state index in [0.29, 0.717) is 6.29 Å². The Morgan fingerprint density at radius 3 is 2.80 bits per heavy atom. The molecular weight excluding hydrogens is 341 g/mol. The fourth-order valence-electron chi connectivity index (χ4n) is 2.41. The minimum Gasteiger partial charge on any atom is -0.495 e. The first-order valence-electron chi connectivity index (χ1n) is 7.02. The molecule has 1 aromatic carbocycles. The monoisotopic (exact) mass is 352 g/mol. The van der Waals surface area contributed by atoms with Crippen molar-refractivity contribution >= 4 is 17.9 Å². The molecule has 130 valence electrons. The zero-order chi connectivity index (χ0) is 18.2. The normalized spacial score (nSPS) is 15.4. The number of anilines is 1. The smallest absolute Gasteiger partial charge is 0.482 e. The summed E-state index contributed by atoms with van der Waals surface area (Å²) in [6.07, 6.45) is -2.76. The molecule has 1 amide bonds. The molecule has 0 radical (unpaired) electrons. The second kappa shape index (κ2) is 6.08. The number of ether oxygens (including phenoxy) is 2. The van der Waals surface area contributed by atoms with E-state index in [2.05, 4.69) is 9.72 Å². The molecule has 1 aromatic heterocycles. The molecule has 0 bridgehead atoms. The Hall–Kier alpha value is -3.10. The highest BCUT2D eigenvalue weighted by atomic mass is 19.3. The Kier molecular flexibility index (Phi) is 4.07. The molecule has 1 aliphatic rings. The van der Waals surface area contributed by atoms with Gasteiger partial charge in [0.25, 0.3) is 0 Å². The number of pyridine rings is 1. The van der Waals surface area contributed by atoms with E-state index >= 15 is 0 Å². The molecule has 2 aromatic rings. The summed E-state index contributed by atoms with van der Waals surface area (Å²) >= 11 is 0. The van der Waals surface area contributed by atoms with E-state index in [1.165, 1.54) is 19.2 Å². The number of fused-ring (bicyclic) bond motifs is 1. The molecule has 6 nitrogen and oxygen atoms in total. The maximum Gasteiger partial charge on any atom is 0.482 e. The van der Waals surface area contributed by atoms with Gasteiger partial charge in [0, 0.05) is 11.6 Å². The van der Waals surface area contributed by atoms with Crippen molar-refractivity contribution in [1.82, 2.24) is 4.98 Å². The average molecular weight is 352 g/mol. The molecule has 0 atom stereocenters. The number of hydrogen-bond donors (Lipinski definition) is 0. The molecule has 2 heterocycles. The molecule has 0 N–H and O–H groups in total. The van der Waals surface area contributed by atoms with Crippen molar-refractivity contribution < 1.29 is 32.2 Å². The highest BCUT2D eigenvalue weighted by Crippen LogP contribution is 2.40. The van der Waals surface area contributed by atoms with Gasteiger partial charge in [-0.1, -0.05) is 0 Å². The van der Waals surface area contributed by atoms with Crippen LogP contribution in [0.15, 0.2) is 30.5 Å². The number of rotatable bonds is 4. The molecule has 25 heavy (non-hydrogen) atoms. The summed E-state index contributed by atoms with van der Waals surface area (Å²) < 4.78 is 50.4. The molecule has 0 saturated heterocycles. The predicted octanol–water partition coefficient (Wildman–Crippen LogP) is 2.56. The van der Waals surface area contributed by atoms with Crippen LogP contribution in [-0.4, -0.2) is 30.4 Å². The summed E-state index contributed by atoms with van der Waals surface area (Å²) in [4.78, 5) is 27.4. The minimum absolute atomic E-state index is 0.00803. The third-order valence-electron chi connectivity index (χ3n) is 3.57. The van der Waals surface area contributed by atoms with Gasteiger partial charge >= 0.3 is 12.0 Å². The topological polar surface area (TPSA) is 68.7 Å². The Bertz CT molecular complexity index is 857. The molecule has 0 unspecified atom stereocenters. The van der Waals surface area contributed by atoms with Crippen LogP contribution < -0.4 is 14.4 Å². The number of hydrogen-bond acceptors (Lipinski definition) is 5. The summed E-state index contributed by atoms with van der Waals surface area (Å²) in [6.45, 7) is -0.394. The average Bonchev–Trinajstić information content (AvgIpc) is 2.59. The number of carbonyl (C=O) groups excluding carboxylic acids is 2. The van der Waals surface area contributed by atoms with E-state index in [9.17, 15) is 22.8 Å². The van der Waals surface area contributed by atoms with Gasteiger partial charge in [-0.05, 0) is 18.2 Å². The van der Waals surface area contributed by atoms with Crippen molar-refractivity contribution in [2.75, 3.05) is 12.0 Å². The minimum atomic E-state index is -4.11. The third kappa shape index (κ3) is 3.00. The number of amides is 1. The van der Waals surface area contributed by atoms with E-state index in [1.807, 2.05) is 0 Å². The molecule has 3 rings (SSSR count). The fourth-order valence-corrected chi connectivity index (χ4v) is 2.41. The van der Waals surface area contributed by atoms with Crippen molar-refractivity contribution in [2.45, 2.75) is 12.7 Å². The highest BCUT2D eigenvalue weighted by Gasteiger charge is 2.50. The molecule has 1 aliphatic heterocycles. The Morgan fingerprint density at radius 2 is 2.12 bits per heavy atom. The third-order valence-corrected chi connectivity index (χ3v) is 3.57. The molecule has 0 saturated carbocycles. The molecule has 9 heteroatoms. The first-order valence-corrected chi connectivity index (χ1v) is 7.02. The summed E-state index contributed by atoms with van der Waals surface area (Å²) in [5, 5.41) is 0. The van der Waals surface area contributed by atoms with Crippen molar-refractivity contribution in [1.29, 1.82) is 0 Å². The number of alkyl halides is 2. The summed E-state index contributed by atoms with van der Waals surface area (Å²) in [6, 6.07) is 4.79. The maximum atomic E-state index is 13.9. The van der Waals surface area contributed by atoms with Crippen LogP contribution in [0.2, 0.25) is 0 Å². The van der Waals surface area contributed by atoms with E-state index in [0.717, 1.165) is 23.2 Å². The predicted molar refractivity (Wildman–Crippen MR) is 79.3 cm³/mol. The molecule has 0 aliphatic carbocycles. The van der Waals surface area contributed by atoms with Crippen molar-refractivity contribution in [3.63, 3.8) is 0 Å². The SMILES string of the molecule is COc1cc(F)cnc1CN1C(=O)C(F)(F)Oc2cc(C=O)ccc21. The number of nitrogens with zero attached hydrogens (tertiary/aromatic N) is 2. The van der Waals surface area contributed by atoms with Crippen molar-refractivity contribution in [3.05, 3.63) is 47.5 Å². The molecular formula is C16H11F3N2O4. The van der Waals surface area contributed by atoms with Gasteiger partial charge in [0.2, 0.25) is 0 Å². The van der Waals surface area contributed by atoms with Gasteiger partial charge in [-0.25, -0.2) is 4.39 Å². The summed E-state index contributed by atoms with van der Waals surface area (Å²) in [5.74, 6) is -2.59. The summed E-state index contributed by atoms with van der Waals surface area (Å²) in [7, 11) is 1.26. The first kappa shape index (κ1) is 16.7. The maximum absolute atomic E-state index is 13.9. The van der Waals surface area contributed by atoms with Crippen molar-refractivity contribution in [2.24, 2.45) is 0 Å². The molecule has 0 fully saturated rings. The number of aldehydes is 1. The van der Waals surface area contributed by atoms with Crippen LogP contribution in [0, 0.1) is 5.82 Å². The van der Waals surface area contributed by atoms with Crippen LogP contribution in [0.3, 0.4) is 0 Å². The quantitative estimate of drug-likeness (QED) is 0.791. The fraction of sp³-hybridized carbons (Fsp3) is 0.188. The zero-order valence-corrected chi connectivity index (χ0v) is 12.8. The van der Waals surface area contributed by atoms with E-state index in [-0.39, 0.29) is 28.4 Å². The number of carbonyl (C=O) groups is 2. The number of halogens is 3. The Labute approximate surface area is 139 Å². The highest BCUT2D eigenvalue weighted by molar-refractivity contribution is 6.01. The van der Waals surface area contributed by atoms with Gasteiger partial charge in [-0.3, -0.25) is 19.5 Å². The van der Waals surface area contributed by atoms with Gasteiger partial charge in [-0.15, -0.1) is 0 Å². The summed E-state index contributed by atoms with van der Waals surface area (Å²) in [5.41, 5.74) is 0.233. The van der Waals surface area contributed by atoms with Gasteiger partial charge in [0.05, 0.1) is 25.5 Å². The molecule has 0 spiro atoms. The van der Waals surface area contributed by atoms with E-state index < -0.39 is 24.4 Å². The van der Waals surface area contributed by atoms with Crippen LogP contribution in [-0.2, 0) is 11.3 Å². The second-order valence-electron chi connectivity index (χ2n) is 5.16. The van der Waals surface area contributed by atoms with Gasteiger partial charge in [-0.2, -0.15) is 8.78 Å². The number of aromatic nitrogens is 1. The lowest BCUT2D eigenvalue weighted by atomic mass is 10.1. The Balaban J connectivity index is 2.06. The standard InChI is InChI=1S/C16H11F3N2O4/c1-24-13-5-10(17)6-20-11(13)7-21-12-3-2-9(8-22)4-14(12)25-16(18,19)15(21)23/h2-6,8H,7H2,1H3. The van der Waals surface area contributed by atoms with Gasteiger partial charge in [0.1, 0.15) is 23.5 Å². The first-order chi connectivity index (χ1) is 11.9. The van der Waals surface area contributed by atoms with E-state index in [1.54, 1.807) is 0 Å². The lowest BCUT2D eigenvalue weighted by Crippen LogP contribution is -2.50. The Morgan fingerprint density at radius 1 is 1.36 bits per heavy atom. The van der Waals surface area contributed by atoms with Gasteiger partial charge in [0.15, 0.2) is 5.75 Å². The van der Waals surface area contributed by atoms with Crippen LogP contribution in [0.4, 0.5) is 18.9 Å². The van der Waals surface area contributed by atoms with Crippen molar-refractivity contribution in [3.8, 4) is 11.5 Å². The second-order valence-corrected chi connectivity index (χ2v) is 5.16. The lowest BCUT2D eigenvalue weighted by molar-refractivity contribution is -0.193. The zero-order valence-electron chi connectivity index (χ0n) is 12.8. The van der Waals surface area contributed by atoms with Crippen LogP contribution in [0.1, 0.15) is 16.1 Å². The number of methoxy groups -OCH3 is 1.